The molecule has 2 amide bonds. The second kappa shape index (κ2) is 12.5. The van der Waals surface area contributed by atoms with Crippen molar-refractivity contribution in [3.8, 4) is 0 Å². The van der Waals surface area contributed by atoms with Gasteiger partial charge >= 0.3 is 0 Å². The number of anilines is 2. The predicted octanol–water partition coefficient (Wildman–Crippen LogP) is 5.23. The zero-order chi connectivity index (χ0) is 33.8. The number of aryl methyl sites for hydroxylation is 1. The van der Waals surface area contributed by atoms with E-state index in [0.717, 1.165) is 22.5 Å². The third-order valence-electron chi connectivity index (χ3n) is 10.3. The molecule has 1 aromatic heterocycles. The summed E-state index contributed by atoms with van der Waals surface area (Å²) < 4.78 is 8.70. The molecule has 2 saturated heterocycles. The molecule has 0 saturated carbocycles. The zero-order valence-electron chi connectivity index (χ0n) is 27.3. The van der Waals surface area contributed by atoms with Gasteiger partial charge in [-0.25, -0.2) is 0 Å². The molecule has 5 atom stereocenters. The maximum atomic E-state index is 14.8. The number of halogens is 1. The average molecular weight is 686 g/mol. The van der Waals surface area contributed by atoms with E-state index in [1.807, 2.05) is 92.9 Å². The van der Waals surface area contributed by atoms with Gasteiger partial charge in [0.25, 0.3) is 5.91 Å². The minimum atomic E-state index is -2.87. The van der Waals surface area contributed by atoms with Crippen LogP contribution in [0.5, 0.6) is 0 Å². The first-order valence-electron chi connectivity index (χ1n) is 16.5. The number of carbonyl (C=O) groups is 2. The van der Waals surface area contributed by atoms with Crippen molar-refractivity contribution >= 4 is 43.1 Å². The van der Waals surface area contributed by atoms with Crippen molar-refractivity contribution in [2.75, 3.05) is 23.0 Å². The van der Waals surface area contributed by atoms with Crippen LogP contribution in [-0.4, -0.2) is 64.3 Å². The Morgan fingerprint density at radius 2 is 1.88 bits per heavy atom. The van der Waals surface area contributed by atoms with Crippen molar-refractivity contribution in [3.63, 3.8) is 0 Å². The van der Waals surface area contributed by atoms with E-state index in [4.69, 9.17) is 16.3 Å². The van der Waals surface area contributed by atoms with E-state index in [0.29, 0.717) is 48.8 Å². The Morgan fingerprint density at radius 3 is 2.56 bits per heavy atom. The van der Waals surface area contributed by atoms with Crippen molar-refractivity contribution in [1.82, 2.24) is 15.0 Å². The number of ether oxygens (including phenoxy) is 1. The second-order valence-corrected chi connectivity index (χ2v) is 18.1. The molecule has 12 heteroatoms. The summed E-state index contributed by atoms with van der Waals surface area (Å²) in [6, 6.07) is 22.9. The highest BCUT2D eigenvalue weighted by Crippen LogP contribution is 2.60. The monoisotopic (exact) mass is 685 g/mol. The van der Waals surface area contributed by atoms with Gasteiger partial charge in [-0.1, -0.05) is 66.2 Å². The fourth-order valence-electron chi connectivity index (χ4n) is 7.97. The minimum absolute atomic E-state index is 0.0934. The molecule has 4 heterocycles. The minimum Gasteiger partial charge on any atom is -0.432 e. The van der Waals surface area contributed by atoms with Gasteiger partial charge in [-0.2, -0.15) is 0 Å². The Labute approximate surface area is 286 Å². The van der Waals surface area contributed by atoms with Crippen LogP contribution in [0.4, 0.5) is 11.4 Å². The number of rotatable bonds is 10. The van der Waals surface area contributed by atoms with Crippen LogP contribution in [-0.2, 0) is 33.0 Å². The third kappa shape index (κ3) is 5.57. The highest BCUT2D eigenvalue weighted by molar-refractivity contribution is 6.71. The molecule has 2 fully saturated rings. The first-order chi connectivity index (χ1) is 23.0. The van der Waals surface area contributed by atoms with Crippen molar-refractivity contribution in [2.45, 2.75) is 69.1 Å². The van der Waals surface area contributed by atoms with E-state index in [-0.39, 0.29) is 35.8 Å². The SMILES string of the molecule is C[C@@H]1[C@@H]([Si](C)(C)O)[C@H](CCn2cc(C(CO)c3ccccc3)nn2)O[C@@]12C(=O)N(Cc1cccc(N3CCC3=O)c1)c1ccc(Cl)cc12. The smallest absolute Gasteiger partial charge is 0.264 e. The molecule has 1 spiro atoms. The number of hydrogen-bond acceptors (Lipinski definition) is 7. The molecule has 7 rings (SSSR count). The van der Waals surface area contributed by atoms with E-state index in [1.54, 1.807) is 20.5 Å². The number of fused-ring (bicyclic) bond motifs is 2. The van der Waals surface area contributed by atoms with Crippen LogP contribution >= 0.6 is 11.6 Å². The molecule has 1 unspecified atom stereocenters. The summed E-state index contributed by atoms with van der Waals surface area (Å²) in [4.78, 5) is 42.1. The summed E-state index contributed by atoms with van der Waals surface area (Å²) in [5.74, 6) is -0.717. The number of aliphatic hydroxyl groups excluding tert-OH is 1. The number of benzene rings is 3. The largest absolute Gasteiger partial charge is 0.432 e. The summed E-state index contributed by atoms with van der Waals surface area (Å²) >= 11 is 6.57. The zero-order valence-corrected chi connectivity index (χ0v) is 29.0. The lowest BCUT2D eigenvalue weighted by molar-refractivity contribution is -0.146. The van der Waals surface area contributed by atoms with Crippen LogP contribution < -0.4 is 9.80 Å². The number of aromatic nitrogens is 3. The maximum absolute atomic E-state index is 14.8. The number of amides is 2. The lowest BCUT2D eigenvalue weighted by Gasteiger charge is -2.32. The van der Waals surface area contributed by atoms with Crippen molar-refractivity contribution < 1.29 is 24.2 Å². The van der Waals surface area contributed by atoms with Gasteiger partial charge in [0.1, 0.15) is 0 Å². The average Bonchev–Trinajstić information content (AvgIpc) is 3.71. The molecule has 3 aliphatic heterocycles. The van der Waals surface area contributed by atoms with Gasteiger partial charge < -0.3 is 24.4 Å². The summed E-state index contributed by atoms with van der Waals surface area (Å²) in [5, 5.41) is 19.4. The summed E-state index contributed by atoms with van der Waals surface area (Å²) in [6.07, 6.45) is 2.46. The van der Waals surface area contributed by atoms with Crippen LogP contribution in [0.3, 0.4) is 0 Å². The molecule has 0 bridgehead atoms. The summed E-state index contributed by atoms with van der Waals surface area (Å²) in [5.41, 5.74) is 3.21. The molecular formula is C36H40ClN5O5Si. The van der Waals surface area contributed by atoms with Gasteiger partial charge in [0.2, 0.25) is 5.91 Å². The fraction of sp³-hybridized carbons (Fsp3) is 0.389. The van der Waals surface area contributed by atoms with Gasteiger partial charge in [0.15, 0.2) is 13.9 Å². The number of β-lactam (4-membered cyclic amide) rings is 1. The van der Waals surface area contributed by atoms with E-state index in [9.17, 15) is 19.5 Å². The first kappa shape index (κ1) is 32.7. The number of aliphatic hydroxyl groups is 1. The van der Waals surface area contributed by atoms with Gasteiger partial charge in [0.05, 0.1) is 36.6 Å². The Bertz CT molecular complexity index is 1850. The van der Waals surface area contributed by atoms with E-state index in [2.05, 4.69) is 10.3 Å². The molecule has 0 aliphatic carbocycles. The van der Waals surface area contributed by atoms with Crippen molar-refractivity contribution in [1.29, 1.82) is 0 Å². The number of nitrogens with zero attached hydrogens (tertiary/aromatic N) is 5. The van der Waals surface area contributed by atoms with E-state index in [1.165, 1.54) is 0 Å². The van der Waals surface area contributed by atoms with Crippen LogP contribution in [0.1, 0.15) is 48.1 Å². The third-order valence-corrected chi connectivity index (χ3v) is 13.0. The standard InChI is InChI=1S/C36H40ClN5O5Si/c1-23-34(48(2,3)46)32(14-16-40-21-30(38-39-40)28(22-43)25-9-5-4-6-10-25)47-36(23)29-19-26(37)12-13-31(29)42(35(36)45)20-24-8-7-11-27(18-24)41-17-15-33(41)44/h4-13,18-19,21,23,28,32,34,43,46H,14-17,20,22H2,1-3H3/t23-,28?,32+,34-,36+/m1/s1. The van der Waals surface area contributed by atoms with E-state index >= 15 is 0 Å². The van der Waals surface area contributed by atoms with Crippen molar-refractivity contribution in [2.24, 2.45) is 5.92 Å². The van der Waals surface area contributed by atoms with Crippen LogP contribution in [0.15, 0.2) is 79.0 Å². The summed E-state index contributed by atoms with van der Waals surface area (Å²) in [7, 11) is -2.87. The van der Waals surface area contributed by atoms with Gasteiger partial charge in [0, 0.05) is 53.4 Å². The van der Waals surface area contributed by atoms with E-state index < -0.39 is 20.0 Å². The molecule has 2 N–H and O–H groups in total. The molecule has 4 aromatic rings. The molecule has 3 aliphatic rings. The fourth-order valence-corrected chi connectivity index (χ4v) is 10.7. The van der Waals surface area contributed by atoms with Gasteiger partial charge in [-0.05, 0) is 61.0 Å². The Hall–Kier alpha value is -3.87. The van der Waals surface area contributed by atoms with Crippen LogP contribution in [0.25, 0.3) is 0 Å². The maximum Gasteiger partial charge on any atom is 0.264 e. The molecule has 250 valence electrons. The number of hydrogen-bond donors (Lipinski definition) is 2. The molecule has 3 aromatic carbocycles. The highest BCUT2D eigenvalue weighted by Gasteiger charge is 2.66. The second-order valence-electron chi connectivity index (χ2n) is 13.7. The van der Waals surface area contributed by atoms with Crippen LogP contribution in [0.2, 0.25) is 23.7 Å². The first-order valence-corrected chi connectivity index (χ1v) is 19.9. The molecule has 0 radical (unpaired) electrons. The highest BCUT2D eigenvalue weighted by atomic mass is 35.5. The lowest BCUT2D eigenvalue weighted by atomic mass is 9.82. The predicted molar refractivity (Wildman–Crippen MR) is 185 cm³/mol. The topological polar surface area (TPSA) is 121 Å². The lowest BCUT2D eigenvalue weighted by Crippen LogP contribution is -2.46. The molecular weight excluding hydrogens is 646 g/mol. The molecule has 48 heavy (non-hydrogen) atoms. The van der Waals surface area contributed by atoms with Crippen molar-refractivity contribution in [3.05, 3.63) is 106 Å². The Morgan fingerprint density at radius 1 is 1.08 bits per heavy atom. The van der Waals surface area contributed by atoms with Crippen LogP contribution in [0, 0.1) is 5.92 Å². The summed E-state index contributed by atoms with van der Waals surface area (Å²) in [6.45, 7) is 7.17. The Kier molecular flexibility index (Phi) is 8.53. The van der Waals surface area contributed by atoms with Gasteiger partial charge in [-0.15, -0.1) is 5.10 Å². The van der Waals surface area contributed by atoms with Gasteiger partial charge in [-0.3, -0.25) is 14.3 Å². The molecule has 10 nitrogen and oxygen atoms in total. The Balaban J connectivity index is 1.17. The normalized spacial score (nSPS) is 24.3. The number of carbonyl (C=O) groups excluding carboxylic acids is 2. The quantitative estimate of drug-likeness (QED) is 0.173.